The number of aromatic nitrogens is 1. The van der Waals surface area contributed by atoms with E-state index < -0.39 is 11.8 Å². The predicted octanol–water partition coefficient (Wildman–Crippen LogP) is 4.99. The van der Waals surface area contributed by atoms with E-state index in [9.17, 15) is 14.3 Å². The number of phenolic OH excluding ortho intramolecular Hbond substituents is 1. The molecule has 0 atom stereocenters. The molecule has 0 saturated heterocycles. The third-order valence-electron chi connectivity index (χ3n) is 3.68. The van der Waals surface area contributed by atoms with Crippen molar-refractivity contribution >= 4 is 29.5 Å². The minimum absolute atomic E-state index is 0.215. The fraction of sp³-hybridized carbons (Fsp3) is 0.100. The second kappa shape index (κ2) is 7.49. The van der Waals surface area contributed by atoms with Crippen molar-refractivity contribution in [2.75, 3.05) is 0 Å². The highest BCUT2D eigenvalue weighted by atomic mass is 32.1. The Balaban J connectivity index is 1.71. The molecule has 0 fully saturated rings. The van der Waals surface area contributed by atoms with E-state index in [0.29, 0.717) is 5.75 Å². The second-order valence-electron chi connectivity index (χ2n) is 5.75. The molecule has 1 aromatic heterocycles. The third kappa shape index (κ3) is 4.15. The highest BCUT2D eigenvalue weighted by Gasteiger charge is 2.13. The fourth-order valence-corrected chi connectivity index (χ4v) is 3.07. The quantitative estimate of drug-likeness (QED) is 0.520. The number of thiazole rings is 1. The van der Waals surface area contributed by atoms with Crippen LogP contribution in [-0.2, 0) is 0 Å². The van der Waals surface area contributed by atoms with Gasteiger partial charge in [0.05, 0.1) is 0 Å². The summed E-state index contributed by atoms with van der Waals surface area (Å²) in [6, 6.07) is 8.97. The van der Waals surface area contributed by atoms with Crippen LogP contribution in [0.15, 0.2) is 42.6 Å². The van der Waals surface area contributed by atoms with Crippen LogP contribution in [0, 0.1) is 19.7 Å². The number of aryl methyl sites for hydroxylation is 2. The van der Waals surface area contributed by atoms with Crippen LogP contribution in [0.3, 0.4) is 0 Å². The van der Waals surface area contributed by atoms with Gasteiger partial charge in [-0.05, 0) is 73.0 Å². The summed E-state index contributed by atoms with van der Waals surface area (Å²) in [6.07, 6.45) is 5.32. The minimum atomic E-state index is -0.586. The zero-order valence-electron chi connectivity index (χ0n) is 14.2. The number of hydrogen-bond donors (Lipinski definition) is 1. The Hall–Kier alpha value is -2.99. The number of carbonyl (C=O) groups is 1. The van der Waals surface area contributed by atoms with Gasteiger partial charge in [0.1, 0.15) is 17.3 Å². The van der Waals surface area contributed by atoms with Crippen molar-refractivity contribution < 1.29 is 19.0 Å². The van der Waals surface area contributed by atoms with Gasteiger partial charge in [0.2, 0.25) is 5.01 Å². The first-order valence-corrected chi connectivity index (χ1v) is 8.66. The van der Waals surface area contributed by atoms with E-state index in [0.717, 1.165) is 21.6 Å². The van der Waals surface area contributed by atoms with Gasteiger partial charge in [-0.15, -0.1) is 11.3 Å². The predicted molar refractivity (Wildman–Crippen MR) is 100.0 cm³/mol. The summed E-state index contributed by atoms with van der Waals surface area (Å²) in [5, 5.41) is 10.0. The Morgan fingerprint density at radius 1 is 1.15 bits per heavy atom. The van der Waals surface area contributed by atoms with Crippen molar-refractivity contribution in [2.45, 2.75) is 13.8 Å². The van der Waals surface area contributed by atoms with Crippen LogP contribution in [0.4, 0.5) is 4.39 Å². The smallest absolute Gasteiger partial charge is 0.372 e. The second-order valence-corrected chi connectivity index (χ2v) is 6.81. The Kier molecular flexibility index (Phi) is 5.14. The van der Waals surface area contributed by atoms with E-state index in [1.54, 1.807) is 6.20 Å². The molecular weight excluding hydrogens is 353 g/mol. The van der Waals surface area contributed by atoms with Crippen LogP contribution in [0.1, 0.15) is 31.4 Å². The molecule has 0 spiro atoms. The van der Waals surface area contributed by atoms with Gasteiger partial charge < -0.3 is 9.84 Å². The van der Waals surface area contributed by atoms with Gasteiger partial charge in [0.25, 0.3) is 0 Å². The topological polar surface area (TPSA) is 59.4 Å². The van der Waals surface area contributed by atoms with E-state index in [4.69, 9.17) is 4.74 Å². The average Bonchev–Trinajstić information content (AvgIpc) is 3.09. The van der Waals surface area contributed by atoms with Gasteiger partial charge in [-0.25, -0.2) is 14.2 Å². The Morgan fingerprint density at radius 2 is 1.81 bits per heavy atom. The molecule has 1 heterocycles. The van der Waals surface area contributed by atoms with Gasteiger partial charge in [-0.1, -0.05) is 6.08 Å². The number of hydrogen-bond acceptors (Lipinski definition) is 5. The number of benzene rings is 2. The summed E-state index contributed by atoms with van der Waals surface area (Å²) < 4.78 is 18.0. The zero-order valence-corrected chi connectivity index (χ0v) is 15.0. The SMILES string of the molecule is Cc1cc(/C=C/c2cnc(C(=O)Oc3ccc(F)cc3)s2)cc(C)c1O. The van der Waals surface area contributed by atoms with Crippen LogP contribution in [0.5, 0.6) is 11.5 Å². The first-order chi connectivity index (χ1) is 12.4. The molecule has 3 rings (SSSR count). The van der Waals surface area contributed by atoms with Gasteiger partial charge in [-0.3, -0.25) is 0 Å². The summed E-state index contributed by atoms with van der Waals surface area (Å²) in [7, 11) is 0. The number of esters is 1. The molecule has 4 nitrogen and oxygen atoms in total. The molecule has 6 heteroatoms. The number of aromatic hydroxyl groups is 1. The van der Waals surface area contributed by atoms with E-state index >= 15 is 0 Å². The standard InChI is InChI=1S/C20H16FNO3S/c1-12-9-14(10-13(2)18(12)23)3-8-17-11-22-19(26-17)20(24)25-16-6-4-15(21)5-7-16/h3-11,23H,1-2H3/b8-3+. The van der Waals surface area contributed by atoms with Crippen molar-refractivity contribution in [3.63, 3.8) is 0 Å². The lowest BCUT2D eigenvalue weighted by molar-refractivity contribution is 0.0734. The van der Waals surface area contributed by atoms with E-state index in [1.807, 2.05) is 38.1 Å². The average molecular weight is 369 g/mol. The van der Waals surface area contributed by atoms with Gasteiger partial charge in [-0.2, -0.15) is 0 Å². The lowest BCUT2D eigenvalue weighted by atomic mass is 10.1. The molecule has 0 radical (unpaired) electrons. The molecule has 2 aromatic carbocycles. The maximum Gasteiger partial charge on any atom is 0.372 e. The third-order valence-corrected chi connectivity index (χ3v) is 4.62. The molecule has 0 aliphatic carbocycles. The summed E-state index contributed by atoms with van der Waals surface area (Å²) in [4.78, 5) is 17.0. The van der Waals surface area contributed by atoms with Crippen LogP contribution >= 0.6 is 11.3 Å². The molecule has 132 valence electrons. The number of phenols is 1. The molecule has 0 aliphatic rings. The number of ether oxygens (including phenoxy) is 1. The summed E-state index contributed by atoms with van der Waals surface area (Å²) in [6.45, 7) is 3.69. The van der Waals surface area contributed by atoms with Crippen molar-refractivity contribution in [3.8, 4) is 11.5 Å². The van der Waals surface area contributed by atoms with Crippen molar-refractivity contribution in [1.29, 1.82) is 0 Å². The van der Waals surface area contributed by atoms with Crippen molar-refractivity contribution in [1.82, 2.24) is 4.98 Å². The first-order valence-electron chi connectivity index (χ1n) is 7.84. The maximum atomic E-state index is 12.9. The number of halogens is 1. The molecule has 0 saturated carbocycles. The minimum Gasteiger partial charge on any atom is -0.507 e. The van der Waals surface area contributed by atoms with Crippen LogP contribution in [0.25, 0.3) is 12.2 Å². The number of rotatable bonds is 4. The highest BCUT2D eigenvalue weighted by molar-refractivity contribution is 7.14. The van der Waals surface area contributed by atoms with E-state index in [1.165, 1.54) is 35.6 Å². The molecule has 3 aromatic rings. The van der Waals surface area contributed by atoms with Crippen LogP contribution < -0.4 is 4.74 Å². The molecule has 0 unspecified atom stereocenters. The summed E-state index contributed by atoms with van der Waals surface area (Å²) in [5.74, 6) is -0.423. The van der Waals surface area contributed by atoms with Gasteiger partial charge in [0, 0.05) is 11.1 Å². The first kappa shape index (κ1) is 17.8. The number of carbonyl (C=O) groups excluding carboxylic acids is 1. The Bertz CT molecular complexity index is 954. The lowest BCUT2D eigenvalue weighted by Gasteiger charge is -2.04. The normalized spacial score (nSPS) is 11.0. The molecule has 26 heavy (non-hydrogen) atoms. The van der Waals surface area contributed by atoms with Crippen molar-refractivity contribution in [2.24, 2.45) is 0 Å². The Labute approximate surface area is 154 Å². The van der Waals surface area contributed by atoms with Crippen LogP contribution in [-0.4, -0.2) is 16.1 Å². The highest BCUT2D eigenvalue weighted by Crippen LogP contribution is 2.25. The van der Waals surface area contributed by atoms with E-state index in [2.05, 4.69) is 4.98 Å². The molecule has 0 bridgehead atoms. The van der Waals surface area contributed by atoms with E-state index in [-0.39, 0.29) is 10.8 Å². The largest absolute Gasteiger partial charge is 0.507 e. The lowest BCUT2D eigenvalue weighted by Crippen LogP contribution is -2.07. The van der Waals surface area contributed by atoms with Crippen LogP contribution in [0.2, 0.25) is 0 Å². The molecular formula is C20H16FNO3S. The van der Waals surface area contributed by atoms with Crippen molar-refractivity contribution in [3.05, 3.63) is 75.0 Å². The Morgan fingerprint density at radius 3 is 2.46 bits per heavy atom. The molecule has 0 aliphatic heterocycles. The van der Waals surface area contributed by atoms with Gasteiger partial charge >= 0.3 is 5.97 Å². The maximum absolute atomic E-state index is 12.9. The number of nitrogens with zero attached hydrogens (tertiary/aromatic N) is 1. The summed E-state index contributed by atoms with van der Waals surface area (Å²) in [5.41, 5.74) is 2.55. The molecule has 1 N–H and O–H groups in total. The fourth-order valence-electron chi connectivity index (χ4n) is 2.38. The monoisotopic (exact) mass is 369 g/mol. The summed E-state index contributed by atoms with van der Waals surface area (Å²) >= 11 is 1.20. The zero-order chi connectivity index (χ0) is 18.7. The van der Waals surface area contributed by atoms with Gasteiger partial charge in [0.15, 0.2) is 0 Å². The molecule has 0 amide bonds.